The van der Waals surface area contributed by atoms with Gasteiger partial charge in [-0.25, -0.2) is 0 Å². The van der Waals surface area contributed by atoms with Gasteiger partial charge < -0.3 is 15.0 Å². The van der Waals surface area contributed by atoms with Crippen molar-refractivity contribution in [3.8, 4) is 5.75 Å². The third kappa shape index (κ3) is 3.81. The first-order chi connectivity index (χ1) is 13.8. The van der Waals surface area contributed by atoms with E-state index in [1.54, 1.807) is 7.11 Å². The highest BCUT2D eigenvalue weighted by atomic mass is 16.5. The van der Waals surface area contributed by atoms with Gasteiger partial charge in [-0.15, -0.1) is 0 Å². The smallest absolute Gasteiger partial charge is 0.223 e. The van der Waals surface area contributed by atoms with E-state index >= 15 is 0 Å². The minimum atomic E-state index is 0.0742. The van der Waals surface area contributed by atoms with Crippen molar-refractivity contribution in [1.82, 2.24) is 10.3 Å². The van der Waals surface area contributed by atoms with Gasteiger partial charge in [-0.3, -0.25) is 4.79 Å². The Hall–Kier alpha value is -3.01. The Labute approximate surface area is 165 Å². The Morgan fingerprint density at radius 2 is 2.00 bits per heavy atom. The van der Waals surface area contributed by atoms with Crippen LogP contribution in [0.15, 0.2) is 66.9 Å². The molecule has 4 heteroatoms. The third-order valence-electron chi connectivity index (χ3n) is 5.64. The second-order valence-electron chi connectivity index (χ2n) is 7.34. The van der Waals surface area contributed by atoms with E-state index in [0.29, 0.717) is 6.54 Å². The number of nitrogens with one attached hydrogen (secondary N) is 2. The van der Waals surface area contributed by atoms with Gasteiger partial charge in [0.05, 0.1) is 7.11 Å². The zero-order valence-corrected chi connectivity index (χ0v) is 16.2. The van der Waals surface area contributed by atoms with Crippen LogP contribution in [0.25, 0.3) is 10.9 Å². The van der Waals surface area contributed by atoms with Crippen molar-refractivity contribution in [1.29, 1.82) is 0 Å². The average Bonchev–Trinajstić information content (AvgIpc) is 3.19. The number of ether oxygens (including phenoxy) is 1. The predicted octanol–water partition coefficient (Wildman–Crippen LogP) is 4.78. The number of methoxy groups -OCH3 is 1. The molecule has 0 saturated carbocycles. The highest BCUT2D eigenvalue weighted by Gasteiger charge is 2.22. The summed E-state index contributed by atoms with van der Waals surface area (Å²) in [6, 6.07) is 16.4. The van der Waals surface area contributed by atoms with Crippen LogP contribution in [0, 0.1) is 5.92 Å². The molecule has 0 spiro atoms. The van der Waals surface area contributed by atoms with Crippen LogP contribution in [0.1, 0.15) is 36.3 Å². The van der Waals surface area contributed by atoms with Crippen molar-refractivity contribution in [2.24, 2.45) is 5.92 Å². The number of aromatic nitrogens is 1. The molecule has 0 aliphatic heterocycles. The van der Waals surface area contributed by atoms with Crippen LogP contribution in [-0.2, 0) is 4.79 Å². The molecule has 4 nitrogen and oxygen atoms in total. The van der Waals surface area contributed by atoms with Gasteiger partial charge in [0, 0.05) is 35.5 Å². The van der Waals surface area contributed by atoms with Crippen LogP contribution in [0.3, 0.4) is 0 Å². The second-order valence-corrected chi connectivity index (χ2v) is 7.34. The highest BCUT2D eigenvalue weighted by Crippen LogP contribution is 2.31. The zero-order valence-electron chi connectivity index (χ0n) is 16.2. The molecular weight excluding hydrogens is 348 g/mol. The molecule has 0 saturated heterocycles. The number of hydrogen-bond donors (Lipinski definition) is 2. The Balaban J connectivity index is 1.61. The van der Waals surface area contributed by atoms with E-state index in [2.05, 4.69) is 59.0 Å². The largest absolute Gasteiger partial charge is 0.497 e. The van der Waals surface area contributed by atoms with E-state index in [1.165, 1.54) is 10.9 Å². The molecule has 144 valence electrons. The van der Waals surface area contributed by atoms with Crippen LogP contribution in [0.5, 0.6) is 5.75 Å². The molecule has 1 amide bonds. The van der Waals surface area contributed by atoms with Crippen molar-refractivity contribution >= 4 is 16.8 Å². The topological polar surface area (TPSA) is 54.1 Å². The summed E-state index contributed by atoms with van der Waals surface area (Å²) >= 11 is 0. The van der Waals surface area contributed by atoms with E-state index in [9.17, 15) is 4.79 Å². The lowest BCUT2D eigenvalue weighted by Crippen LogP contribution is -2.34. The number of carbonyl (C=O) groups is 1. The minimum Gasteiger partial charge on any atom is -0.497 e. The van der Waals surface area contributed by atoms with Gasteiger partial charge in [0.15, 0.2) is 0 Å². The van der Waals surface area contributed by atoms with Gasteiger partial charge in [-0.1, -0.05) is 42.5 Å². The van der Waals surface area contributed by atoms with Crippen molar-refractivity contribution in [2.45, 2.75) is 25.2 Å². The van der Waals surface area contributed by atoms with Gasteiger partial charge in [0.1, 0.15) is 5.75 Å². The zero-order chi connectivity index (χ0) is 19.3. The number of amides is 1. The fourth-order valence-electron chi connectivity index (χ4n) is 4.00. The maximum atomic E-state index is 12.7. The molecule has 0 unspecified atom stereocenters. The van der Waals surface area contributed by atoms with Crippen molar-refractivity contribution in [2.75, 3.05) is 13.7 Å². The number of carbonyl (C=O) groups excluding carboxylic acids is 1. The molecule has 1 aliphatic rings. The molecule has 2 atom stereocenters. The molecular formula is C24H26N2O2. The molecule has 1 aromatic heterocycles. The Morgan fingerprint density at radius 3 is 2.75 bits per heavy atom. The monoisotopic (exact) mass is 374 g/mol. The van der Waals surface area contributed by atoms with Crippen LogP contribution < -0.4 is 10.1 Å². The summed E-state index contributed by atoms with van der Waals surface area (Å²) in [6.07, 6.45) is 9.11. The number of rotatable bonds is 6. The summed E-state index contributed by atoms with van der Waals surface area (Å²) in [6.45, 7) is 0.577. The van der Waals surface area contributed by atoms with Crippen LogP contribution in [0.2, 0.25) is 0 Å². The summed E-state index contributed by atoms with van der Waals surface area (Å²) in [5, 5.41) is 4.41. The second kappa shape index (κ2) is 8.34. The third-order valence-corrected chi connectivity index (χ3v) is 5.64. The van der Waals surface area contributed by atoms with Crippen LogP contribution in [0.4, 0.5) is 0 Å². The fraction of sp³-hybridized carbons (Fsp3) is 0.292. The number of aromatic amines is 1. The first-order valence-corrected chi connectivity index (χ1v) is 9.89. The summed E-state index contributed by atoms with van der Waals surface area (Å²) in [7, 11) is 1.67. The van der Waals surface area contributed by atoms with Crippen molar-refractivity contribution in [3.63, 3.8) is 0 Å². The number of benzene rings is 2. The molecule has 0 radical (unpaired) electrons. The highest BCUT2D eigenvalue weighted by molar-refractivity contribution is 5.84. The fourth-order valence-corrected chi connectivity index (χ4v) is 4.00. The normalized spacial score (nSPS) is 17.4. The molecule has 28 heavy (non-hydrogen) atoms. The molecule has 4 rings (SSSR count). The molecule has 0 bridgehead atoms. The van der Waals surface area contributed by atoms with E-state index in [-0.39, 0.29) is 17.7 Å². The number of para-hydroxylation sites is 1. The Kier molecular flexibility index (Phi) is 5.47. The SMILES string of the molecule is COc1ccc([C@H](CNC(=O)[C@H]2CC=CCC2)c2c[nH]c3ccccc23)cc1. The van der Waals surface area contributed by atoms with Gasteiger partial charge in [0.2, 0.25) is 5.91 Å². The number of fused-ring (bicyclic) bond motifs is 1. The maximum absolute atomic E-state index is 12.7. The van der Waals surface area contributed by atoms with Gasteiger partial charge in [0.25, 0.3) is 0 Å². The maximum Gasteiger partial charge on any atom is 0.223 e. The number of hydrogen-bond acceptors (Lipinski definition) is 2. The van der Waals surface area contributed by atoms with Crippen molar-refractivity contribution in [3.05, 3.63) is 78.0 Å². The van der Waals surface area contributed by atoms with E-state index in [4.69, 9.17) is 4.74 Å². The van der Waals surface area contributed by atoms with E-state index in [0.717, 1.165) is 36.1 Å². The van der Waals surface area contributed by atoms with Gasteiger partial charge >= 0.3 is 0 Å². The molecule has 1 heterocycles. The lowest BCUT2D eigenvalue weighted by molar-refractivity contribution is -0.125. The summed E-state index contributed by atoms with van der Waals surface area (Å²) in [5.41, 5.74) is 3.47. The van der Waals surface area contributed by atoms with Gasteiger partial charge in [-0.05, 0) is 48.6 Å². The van der Waals surface area contributed by atoms with Crippen molar-refractivity contribution < 1.29 is 9.53 Å². The standard InChI is InChI=1S/C24H26N2O2/c1-28-19-13-11-17(12-14-19)21(15-26-24(27)18-7-3-2-4-8-18)22-16-25-23-10-6-5-9-20(22)23/h2-3,5-6,9-14,16,18,21,25H,4,7-8,15H2,1H3,(H,26,27)/t18-,21-/m0/s1. The predicted molar refractivity (Wildman–Crippen MR) is 113 cm³/mol. The van der Waals surface area contributed by atoms with E-state index in [1.807, 2.05) is 18.2 Å². The van der Waals surface area contributed by atoms with Crippen LogP contribution in [-0.4, -0.2) is 24.5 Å². The van der Waals surface area contributed by atoms with Crippen LogP contribution >= 0.6 is 0 Å². The Morgan fingerprint density at radius 1 is 1.18 bits per heavy atom. The first-order valence-electron chi connectivity index (χ1n) is 9.89. The van der Waals surface area contributed by atoms with E-state index < -0.39 is 0 Å². The Bertz CT molecular complexity index is 972. The van der Waals surface area contributed by atoms with Gasteiger partial charge in [-0.2, -0.15) is 0 Å². The molecule has 2 N–H and O–H groups in total. The number of H-pyrrole nitrogens is 1. The molecule has 2 aromatic carbocycles. The lowest BCUT2D eigenvalue weighted by atomic mass is 9.89. The quantitative estimate of drug-likeness (QED) is 0.610. The molecule has 1 aliphatic carbocycles. The summed E-state index contributed by atoms with van der Waals surface area (Å²) < 4.78 is 5.31. The number of allylic oxidation sites excluding steroid dienone is 2. The molecule has 0 fully saturated rings. The first kappa shape index (κ1) is 18.4. The summed E-state index contributed by atoms with van der Waals surface area (Å²) in [4.78, 5) is 16.1. The summed E-state index contributed by atoms with van der Waals surface area (Å²) in [5.74, 6) is 1.15. The molecule has 3 aromatic rings. The average molecular weight is 374 g/mol. The lowest BCUT2D eigenvalue weighted by Gasteiger charge is -2.22. The minimum absolute atomic E-state index is 0.0742.